The molecule has 0 spiro atoms. The van der Waals surface area contributed by atoms with E-state index in [0.717, 1.165) is 28.4 Å². The molecule has 0 bridgehead atoms. The molecule has 5 nitrogen and oxygen atoms in total. The number of carbonyl (C=O) groups is 2. The summed E-state index contributed by atoms with van der Waals surface area (Å²) in [6.07, 6.45) is 3.35. The SMILES string of the molecule is NC1CCN(C(=O)C(Cc2ccc(Br)cc2)NC(=O)C2(c3ccc(Cl)cc3Cl)CC2)CC1. The van der Waals surface area contributed by atoms with E-state index in [1.165, 1.54) is 0 Å². The van der Waals surface area contributed by atoms with Crippen molar-refractivity contribution in [1.29, 1.82) is 0 Å². The van der Waals surface area contributed by atoms with Gasteiger partial charge in [0.25, 0.3) is 0 Å². The molecule has 2 amide bonds. The van der Waals surface area contributed by atoms with Gasteiger partial charge in [-0.2, -0.15) is 0 Å². The van der Waals surface area contributed by atoms with Crippen LogP contribution in [0.4, 0.5) is 0 Å². The minimum absolute atomic E-state index is 0.0637. The molecule has 1 aliphatic heterocycles. The number of amides is 2. The van der Waals surface area contributed by atoms with E-state index in [-0.39, 0.29) is 17.9 Å². The predicted molar refractivity (Wildman–Crippen MR) is 131 cm³/mol. The maximum atomic E-state index is 13.5. The fourth-order valence-corrected chi connectivity index (χ4v) is 5.17. The summed E-state index contributed by atoms with van der Waals surface area (Å²) in [5.74, 6) is -0.225. The summed E-state index contributed by atoms with van der Waals surface area (Å²) in [7, 11) is 0. The Morgan fingerprint density at radius 2 is 1.78 bits per heavy atom. The fourth-order valence-electron chi connectivity index (χ4n) is 4.31. The Labute approximate surface area is 206 Å². The Hall–Kier alpha value is -1.60. The van der Waals surface area contributed by atoms with Gasteiger partial charge in [-0.3, -0.25) is 9.59 Å². The smallest absolute Gasteiger partial charge is 0.245 e. The lowest BCUT2D eigenvalue weighted by Crippen LogP contribution is -2.54. The molecule has 170 valence electrons. The van der Waals surface area contributed by atoms with Gasteiger partial charge >= 0.3 is 0 Å². The minimum atomic E-state index is -0.704. The van der Waals surface area contributed by atoms with E-state index in [0.29, 0.717) is 42.4 Å². The molecule has 1 saturated heterocycles. The first kappa shape index (κ1) is 23.6. The number of benzene rings is 2. The van der Waals surface area contributed by atoms with Crippen LogP contribution < -0.4 is 11.1 Å². The number of halogens is 3. The van der Waals surface area contributed by atoms with Crippen molar-refractivity contribution >= 4 is 50.9 Å². The van der Waals surface area contributed by atoms with Crippen LogP contribution >= 0.6 is 39.1 Å². The number of nitrogens with one attached hydrogen (secondary N) is 1. The molecule has 2 aromatic rings. The summed E-state index contributed by atoms with van der Waals surface area (Å²) in [6, 6.07) is 12.5. The molecule has 4 rings (SSSR count). The summed E-state index contributed by atoms with van der Waals surface area (Å²) in [6.45, 7) is 1.22. The lowest BCUT2D eigenvalue weighted by Gasteiger charge is -2.33. The molecule has 2 aromatic carbocycles. The number of carbonyl (C=O) groups excluding carboxylic acids is 2. The van der Waals surface area contributed by atoms with Crippen LogP contribution in [0, 0.1) is 0 Å². The molecule has 2 fully saturated rings. The van der Waals surface area contributed by atoms with Crippen molar-refractivity contribution in [1.82, 2.24) is 10.2 Å². The molecule has 1 heterocycles. The van der Waals surface area contributed by atoms with Crippen LogP contribution in [0.25, 0.3) is 0 Å². The third-order valence-electron chi connectivity index (χ3n) is 6.44. The highest BCUT2D eigenvalue weighted by atomic mass is 79.9. The van der Waals surface area contributed by atoms with E-state index in [4.69, 9.17) is 28.9 Å². The summed E-state index contributed by atoms with van der Waals surface area (Å²) < 4.78 is 0.965. The normalized spacial score (nSPS) is 18.8. The topological polar surface area (TPSA) is 75.4 Å². The van der Waals surface area contributed by atoms with Crippen molar-refractivity contribution < 1.29 is 9.59 Å². The van der Waals surface area contributed by atoms with Gasteiger partial charge < -0.3 is 16.0 Å². The summed E-state index contributed by atoms with van der Waals surface area (Å²) >= 11 is 15.9. The van der Waals surface area contributed by atoms with Gasteiger partial charge in [-0.05, 0) is 61.1 Å². The van der Waals surface area contributed by atoms with Crippen molar-refractivity contribution in [2.75, 3.05) is 13.1 Å². The highest BCUT2D eigenvalue weighted by Gasteiger charge is 2.53. The second-order valence-electron chi connectivity index (χ2n) is 8.73. The molecular weight excluding hydrogens is 513 g/mol. The van der Waals surface area contributed by atoms with Gasteiger partial charge in [-0.1, -0.05) is 57.3 Å². The average molecular weight is 539 g/mol. The van der Waals surface area contributed by atoms with Gasteiger partial charge in [0.05, 0.1) is 5.41 Å². The number of rotatable bonds is 6. The zero-order chi connectivity index (χ0) is 22.9. The molecule has 1 aliphatic carbocycles. The summed E-state index contributed by atoms with van der Waals surface area (Å²) in [5, 5.41) is 4.07. The van der Waals surface area contributed by atoms with E-state index in [2.05, 4.69) is 21.2 Å². The number of nitrogens with two attached hydrogens (primary N) is 1. The highest BCUT2D eigenvalue weighted by Crippen LogP contribution is 2.51. The first-order chi connectivity index (χ1) is 15.3. The quantitative estimate of drug-likeness (QED) is 0.570. The van der Waals surface area contributed by atoms with Gasteiger partial charge in [0.15, 0.2) is 0 Å². The van der Waals surface area contributed by atoms with Crippen LogP contribution in [-0.2, 0) is 21.4 Å². The van der Waals surface area contributed by atoms with Gasteiger partial charge in [-0.15, -0.1) is 0 Å². The van der Waals surface area contributed by atoms with E-state index in [1.807, 2.05) is 35.2 Å². The Kier molecular flexibility index (Phi) is 7.15. The van der Waals surface area contributed by atoms with E-state index in [9.17, 15) is 9.59 Å². The third kappa shape index (κ3) is 5.14. The van der Waals surface area contributed by atoms with Crippen LogP contribution in [0.1, 0.15) is 36.8 Å². The third-order valence-corrected chi connectivity index (χ3v) is 7.52. The second kappa shape index (κ2) is 9.72. The Balaban J connectivity index is 1.55. The number of hydrogen-bond acceptors (Lipinski definition) is 3. The zero-order valence-electron chi connectivity index (χ0n) is 17.6. The fraction of sp³-hybridized carbons (Fsp3) is 0.417. The van der Waals surface area contributed by atoms with Crippen LogP contribution in [0.5, 0.6) is 0 Å². The number of piperidine rings is 1. The molecule has 1 atom stereocenters. The van der Waals surface area contributed by atoms with Gasteiger partial charge in [0.2, 0.25) is 11.8 Å². The largest absolute Gasteiger partial charge is 0.343 e. The zero-order valence-corrected chi connectivity index (χ0v) is 20.7. The van der Waals surface area contributed by atoms with E-state index in [1.54, 1.807) is 12.1 Å². The van der Waals surface area contributed by atoms with Crippen LogP contribution in [0.3, 0.4) is 0 Å². The van der Waals surface area contributed by atoms with Crippen LogP contribution in [0.15, 0.2) is 46.9 Å². The number of likely N-dealkylation sites (tertiary alicyclic amines) is 1. The van der Waals surface area contributed by atoms with E-state index >= 15 is 0 Å². The van der Waals surface area contributed by atoms with E-state index < -0.39 is 11.5 Å². The average Bonchev–Trinajstić information content (AvgIpc) is 3.56. The Bertz CT molecular complexity index is 1000. The monoisotopic (exact) mass is 537 g/mol. The molecule has 1 saturated carbocycles. The van der Waals surface area contributed by atoms with Gasteiger partial charge in [-0.25, -0.2) is 0 Å². The van der Waals surface area contributed by atoms with Gasteiger partial charge in [0.1, 0.15) is 6.04 Å². The van der Waals surface area contributed by atoms with Crippen LogP contribution in [-0.4, -0.2) is 41.9 Å². The first-order valence-electron chi connectivity index (χ1n) is 10.8. The lowest BCUT2D eigenvalue weighted by atomic mass is 9.93. The first-order valence-corrected chi connectivity index (χ1v) is 12.4. The highest BCUT2D eigenvalue weighted by molar-refractivity contribution is 9.10. The molecule has 2 aliphatic rings. The van der Waals surface area contributed by atoms with Gasteiger partial charge in [0, 0.05) is 40.1 Å². The number of hydrogen-bond donors (Lipinski definition) is 2. The van der Waals surface area contributed by atoms with Crippen molar-refractivity contribution in [2.24, 2.45) is 5.73 Å². The van der Waals surface area contributed by atoms with Crippen molar-refractivity contribution in [3.63, 3.8) is 0 Å². The molecule has 3 N–H and O–H groups in total. The standard InChI is InChI=1S/C24H26BrCl2N3O2/c25-16-3-1-15(2-4-16)13-21(22(31)30-11-7-18(28)8-12-30)29-23(32)24(9-10-24)19-6-5-17(26)14-20(19)27/h1-6,14,18,21H,7-13,28H2,(H,29,32). The number of nitrogens with zero attached hydrogens (tertiary/aromatic N) is 1. The lowest BCUT2D eigenvalue weighted by molar-refractivity contribution is -0.137. The second-order valence-corrected chi connectivity index (χ2v) is 10.5. The molecular formula is C24H26BrCl2N3O2. The van der Waals surface area contributed by atoms with Crippen molar-refractivity contribution in [3.8, 4) is 0 Å². The predicted octanol–water partition coefficient (Wildman–Crippen LogP) is 4.46. The summed E-state index contributed by atoms with van der Waals surface area (Å²) in [5.41, 5.74) is 7.05. The molecule has 0 aromatic heterocycles. The summed E-state index contributed by atoms with van der Waals surface area (Å²) in [4.78, 5) is 28.7. The maximum absolute atomic E-state index is 13.5. The maximum Gasteiger partial charge on any atom is 0.245 e. The molecule has 32 heavy (non-hydrogen) atoms. The van der Waals surface area contributed by atoms with Crippen molar-refractivity contribution in [3.05, 3.63) is 68.1 Å². The van der Waals surface area contributed by atoms with Crippen molar-refractivity contribution in [2.45, 2.75) is 49.6 Å². The molecule has 8 heteroatoms. The Morgan fingerprint density at radius 3 is 2.38 bits per heavy atom. The molecule has 1 unspecified atom stereocenters. The Morgan fingerprint density at radius 1 is 1.12 bits per heavy atom. The van der Waals surface area contributed by atoms with Crippen LogP contribution in [0.2, 0.25) is 10.0 Å². The minimum Gasteiger partial charge on any atom is -0.343 e. The molecule has 0 radical (unpaired) electrons.